The fourth-order valence-corrected chi connectivity index (χ4v) is 1.33. The first-order chi connectivity index (χ1) is 6.59. The molecule has 0 radical (unpaired) electrons. The van der Waals surface area contributed by atoms with E-state index in [1.165, 1.54) is 0 Å². The van der Waals surface area contributed by atoms with Crippen molar-refractivity contribution < 1.29 is 0 Å². The highest BCUT2D eigenvalue weighted by Gasteiger charge is 2.11. The van der Waals surface area contributed by atoms with Crippen LogP contribution in [0.25, 0.3) is 11.4 Å². The first-order valence-corrected chi connectivity index (χ1v) is 4.41. The van der Waals surface area contributed by atoms with E-state index in [1.54, 1.807) is 4.68 Å². The number of nitrogens with zero attached hydrogens (tertiary/aromatic N) is 3. The lowest BCUT2D eigenvalue weighted by Crippen LogP contribution is -1.96. The van der Waals surface area contributed by atoms with Gasteiger partial charge in [-0.05, 0) is 19.4 Å². The summed E-state index contributed by atoms with van der Waals surface area (Å²) in [5, 5.41) is 11.4. The van der Waals surface area contributed by atoms with E-state index in [0.29, 0.717) is 5.82 Å². The van der Waals surface area contributed by atoms with Gasteiger partial charge in [-0.2, -0.15) is 10.2 Å². The molecule has 0 aliphatic rings. The molecule has 0 aliphatic carbocycles. The normalized spacial score (nSPS) is 10.8. The number of nitrogens with one attached hydrogen (secondary N) is 1. The summed E-state index contributed by atoms with van der Waals surface area (Å²) in [5.74, 6) is 0.639. The van der Waals surface area contributed by atoms with Crippen LogP contribution >= 0.6 is 0 Å². The summed E-state index contributed by atoms with van der Waals surface area (Å²) in [6.45, 7) is 4.00. The van der Waals surface area contributed by atoms with Gasteiger partial charge in [0.2, 0.25) is 0 Å². The summed E-state index contributed by atoms with van der Waals surface area (Å²) in [5.41, 5.74) is 9.55. The first-order valence-electron chi connectivity index (χ1n) is 4.41. The van der Waals surface area contributed by atoms with Crippen LogP contribution < -0.4 is 5.73 Å². The van der Waals surface area contributed by atoms with E-state index in [9.17, 15) is 0 Å². The van der Waals surface area contributed by atoms with Crippen molar-refractivity contribution in [1.82, 2.24) is 20.0 Å². The smallest absolute Gasteiger partial charge is 0.122 e. The van der Waals surface area contributed by atoms with Gasteiger partial charge in [0, 0.05) is 18.8 Å². The topological polar surface area (TPSA) is 72.5 Å². The molecule has 0 unspecified atom stereocenters. The van der Waals surface area contributed by atoms with E-state index in [1.807, 2.05) is 27.0 Å². The predicted octanol–water partition coefficient (Wildman–Crippen LogP) is 1.01. The molecule has 0 aliphatic heterocycles. The van der Waals surface area contributed by atoms with Gasteiger partial charge in [-0.1, -0.05) is 0 Å². The molecule has 0 aromatic carbocycles. The van der Waals surface area contributed by atoms with Gasteiger partial charge in [-0.25, -0.2) is 0 Å². The average molecular weight is 191 g/mol. The highest BCUT2D eigenvalue weighted by atomic mass is 15.3. The van der Waals surface area contributed by atoms with Crippen LogP contribution in [0.4, 0.5) is 5.82 Å². The Morgan fingerprint density at radius 1 is 1.43 bits per heavy atom. The lowest BCUT2D eigenvalue weighted by molar-refractivity contribution is 0.781. The van der Waals surface area contributed by atoms with Gasteiger partial charge in [0.05, 0.1) is 0 Å². The Morgan fingerprint density at radius 3 is 2.57 bits per heavy atom. The highest BCUT2D eigenvalue weighted by molar-refractivity contribution is 5.62. The molecular weight excluding hydrogens is 178 g/mol. The summed E-state index contributed by atoms with van der Waals surface area (Å²) in [6, 6.07) is 1.82. The molecular formula is C9H13N5. The highest BCUT2D eigenvalue weighted by Crippen LogP contribution is 2.22. The minimum Gasteiger partial charge on any atom is -0.384 e. The van der Waals surface area contributed by atoms with Crippen LogP contribution in [0.5, 0.6) is 0 Å². The number of rotatable bonds is 1. The Kier molecular flexibility index (Phi) is 1.80. The molecule has 14 heavy (non-hydrogen) atoms. The average Bonchev–Trinajstić information content (AvgIpc) is 2.61. The zero-order chi connectivity index (χ0) is 10.3. The zero-order valence-electron chi connectivity index (χ0n) is 8.50. The molecule has 0 saturated carbocycles. The Morgan fingerprint density at radius 2 is 2.14 bits per heavy atom. The molecule has 0 atom stereocenters. The summed E-state index contributed by atoms with van der Waals surface area (Å²) in [7, 11) is 1.81. The Balaban J connectivity index is 2.54. The number of hydrogen-bond acceptors (Lipinski definition) is 3. The van der Waals surface area contributed by atoms with E-state index in [4.69, 9.17) is 5.73 Å². The fraction of sp³-hybridized carbons (Fsp3) is 0.333. The third-order valence-electron chi connectivity index (χ3n) is 2.41. The number of anilines is 1. The quantitative estimate of drug-likeness (QED) is 0.706. The third kappa shape index (κ3) is 1.17. The molecule has 5 heteroatoms. The molecule has 0 bridgehead atoms. The number of aryl methyl sites for hydroxylation is 2. The standard InChI is InChI=1S/C9H13N5/c1-5-6(2)11-12-9(5)7-4-8(10)14(3)13-7/h4H,10H2,1-3H3,(H,11,12). The van der Waals surface area contributed by atoms with E-state index >= 15 is 0 Å². The maximum atomic E-state index is 5.70. The van der Waals surface area contributed by atoms with Crippen LogP contribution in [0.1, 0.15) is 11.3 Å². The molecule has 0 saturated heterocycles. The van der Waals surface area contributed by atoms with Gasteiger partial charge in [-0.3, -0.25) is 9.78 Å². The van der Waals surface area contributed by atoms with Gasteiger partial charge in [-0.15, -0.1) is 0 Å². The zero-order valence-corrected chi connectivity index (χ0v) is 8.50. The second-order valence-electron chi connectivity index (χ2n) is 3.40. The van der Waals surface area contributed by atoms with Crippen LogP contribution in [-0.2, 0) is 7.05 Å². The van der Waals surface area contributed by atoms with E-state index < -0.39 is 0 Å². The van der Waals surface area contributed by atoms with Gasteiger partial charge >= 0.3 is 0 Å². The molecule has 0 spiro atoms. The van der Waals surface area contributed by atoms with Gasteiger partial charge in [0.15, 0.2) is 0 Å². The second kappa shape index (κ2) is 2.87. The van der Waals surface area contributed by atoms with E-state index in [0.717, 1.165) is 22.6 Å². The molecule has 0 amide bonds. The van der Waals surface area contributed by atoms with Crippen molar-refractivity contribution in [3.8, 4) is 11.4 Å². The maximum Gasteiger partial charge on any atom is 0.122 e. The van der Waals surface area contributed by atoms with Crippen LogP contribution in [-0.4, -0.2) is 20.0 Å². The van der Waals surface area contributed by atoms with Crippen LogP contribution in [0.3, 0.4) is 0 Å². The molecule has 0 fully saturated rings. The minimum atomic E-state index is 0.639. The largest absolute Gasteiger partial charge is 0.384 e. The van der Waals surface area contributed by atoms with Gasteiger partial charge in [0.1, 0.15) is 17.2 Å². The van der Waals surface area contributed by atoms with E-state index in [-0.39, 0.29) is 0 Å². The van der Waals surface area contributed by atoms with Crippen molar-refractivity contribution in [1.29, 1.82) is 0 Å². The first kappa shape index (κ1) is 8.80. The van der Waals surface area contributed by atoms with Crippen LogP contribution in [0.15, 0.2) is 6.07 Å². The number of nitrogen functional groups attached to an aromatic ring is 1. The predicted molar refractivity (Wildman–Crippen MR) is 54.7 cm³/mol. The number of aromatic amines is 1. The van der Waals surface area contributed by atoms with Crippen molar-refractivity contribution in [3.05, 3.63) is 17.3 Å². The molecule has 5 nitrogen and oxygen atoms in total. The Hall–Kier alpha value is -1.78. The Labute approximate surface area is 81.9 Å². The van der Waals surface area contributed by atoms with Crippen LogP contribution in [0, 0.1) is 13.8 Å². The minimum absolute atomic E-state index is 0.639. The molecule has 3 N–H and O–H groups in total. The molecule has 2 aromatic heterocycles. The van der Waals surface area contributed by atoms with Crippen molar-refractivity contribution in [2.45, 2.75) is 13.8 Å². The maximum absolute atomic E-state index is 5.70. The van der Waals surface area contributed by atoms with Gasteiger partial charge in [0.25, 0.3) is 0 Å². The molecule has 74 valence electrons. The van der Waals surface area contributed by atoms with E-state index in [2.05, 4.69) is 15.3 Å². The fourth-order valence-electron chi connectivity index (χ4n) is 1.33. The molecule has 2 rings (SSSR count). The van der Waals surface area contributed by atoms with Crippen molar-refractivity contribution in [2.24, 2.45) is 7.05 Å². The number of aromatic nitrogens is 4. The summed E-state index contributed by atoms with van der Waals surface area (Å²) in [6.07, 6.45) is 0. The van der Waals surface area contributed by atoms with Crippen LogP contribution in [0.2, 0.25) is 0 Å². The van der Waals surface area contributed by atoms with Crippen molar-refractivity contribution in [2.75, 3.05) is 5.73 Å². The Bertz CT molecular complexity index is 446. The summed E-state index contributed by atoms with van der Waals surface area (Å²) < 4.78 is 1.64. The summed E-state index contributed by atoms with van der Waals surface area (Å²) in [4.78, 5) is 0. The molecule has 2 heterocycles. The lowest BCUT2D eigenvalue weighted by Gasteiger charge is -1.91. The monoisotopic (exact) mass is 191 g/mol. The number of nitrogens with two attached hydrogens (primary N) is 1. The second-order valence-corrected chi connectivity index (χ2v) is 3.40. The van der Waals surface area contributed by atoms with Crippen molar-refractivity contribution in [3.63, 3.8) is 0 Å². The molecule has 2 aromatic rings. The number of H-pyrrole nitrogens is 1. The lowest BCUT2D eigenvalue weighted by atomic mass is 10.2. The number of hydrogen-bond donors (Lipinski definition) is 2. The van der Waals surface area contributed by atoms with Crippen molar-refractivity contribution >= 4 is 5.82 Å². The van der Waals surface area contributed by atoms with Gasteiger partial charge < -0.3 is 5.73 Å². The SMILES string of the molecule is Cc1[nH]nc(-c2cc(N)n(C)n2)c1C. The summed E-state index contributed by atoms with van der Waals surface area (Å²) >= 11 is 0. The third-order valence-corrected chi connectivity index (χ3v) is 2.41.